The summed E-state index contributed by atoms with van der Waals surface area (Å²) in [7, 11) is 1.42. The van der Waals surface area contributed by atoms with Crippen LogP contribution in [0.25, 0.3) is 0 Å². The first kappa shape index (κ1) is 10.9. The van der Waals surface area contributed by atoms with Crippen molar-refractivity contribution < 1.29 is 14.3 Å². The molecule has 4 nitrogen and oxygen atoms in total. The molecule has 0 aromatic carbocycles. The van der Waals surface area contributed by atoms with Gasteiger partial charge in [-0.15, -0.1) is 0 Å². The van der Waals surface area contributed by atoms with Gasteiger partial charge < -0.3 is 9.47 Å². The van der Waals surface area contributed by atoms with Crippen molar-refractivity contribution in [2.24, 2.45) is 0 Å². The molecule has 0 radical (unpaired) electrons. The second-order valence-corrected chi connectivity index (χ2v) is 4.32. The maximum Gasteiger partial charge on any atom is 0.336 e. The van der Waals surface area contributed by atoms with Crippen LogP contribution < -0.4 is 0 Å². The predicted molar refractivity (Wildman–Crippen MR) is 55.6 cm³/mol. The third-order valence-electron chi connectivity index (χ3n) is 3.40. The summed E-state index contributed by atoms with van der Waals surface area (Å²) in [5.74, 6) is -0.238. The first-order valence-corrected chi connectivity index (χ1v) is 5.74. The summed E-state index contributed by atoms with van der Waals surface area (Å²) in [5.41, 5.74) is 0. The maximum absolute atomic E-state index is 11.4. The predicted octanol–water partition coefficient (Wildman–Crippen LogP) is 0.803. The number of hydrogen-bond donors (Lipinski definition) is 0. The standard InChI is InChI=1S/C11H19NO3/c1-14-11(13)10-8-12(6-7-15-10)9-4-2-3-5-9/h9-10H,2-8H2,1H3. The molecule has 2 aliphatic rings. The summed E-state index contributed by atoms with van der Waals surface area (Å²) >= 11 is 0. The van der Waals surface area contributed by atoms with Crippen molar-refractivity contribution in [3.63, 3.8) is 0 Å². The molecule has 1 atom stereocenters. The molecule has 0 spiro atoms. The lowest BCUT2D eigenvalue weighted by Crippen LogP contribution is -2.49. The third kappa shape index (κ3) is 2.49. The Balaban J connectivity index is 1.88. The van der Waals surface area contributed by atoms with E-state index in [-0.39, 0.29) is 12.1 Å². The number of rotatable bonds is 2. The van der Waals surface area contributed by atoms with Crippen molar-refractivity contribution in [2.45, 2.75) is 37.8 Å². The van der Waals surface area contributed by atoms with E-state index >= 15 is 0 Å². The maximum atomic E-state index is 11.4. The molecule has 2 rings (SSSR count). The fourth-order valence-corrected chi connectivity index (χ4v) is 2.54. The van der Waals surface area contributed by atoms with Crippen LogP contribution in [0.15, 0.2) is 0 Å². The molecule has 0 amide bonds. The number of nitrogens with zero attached hydrogens (tertiary/aromatic N) is 1. The van der Waals surface area contributed by atoms with Gasteiger partial charge in [0.05, 0.1) is 13.7 Å². The fourth-order valence-electron chi connectivity index (χ4n) is 2.54. The minimum atomic E-state index is -0.371. The highest BCUT2D eigenvalue weighted by Gasteiger charge is 2.32. The van der Waals surface area contributed by atoms with Crippen LogP contribution in [0.3, 0.4) is 0 Å². The normalized spacial score (nSPS) is 29.3. The van der Waals surface area contributed by atoms with Crippen LogP contribution in [-0.2, 0) is 14.3 Å². The molecule has 1 aliphatic carbocycles. The molecular weight excluding hydrogens is 194 g/mol. The Bertz CT molecular complexity index is 226. The van der Waals surface area contributed by atoms with Crippen LogP contribution in [0, 0.1) is 0 Å². The van der Waals surface area contributed by atoms with Gasteiger partial charge in [0.25, 0.3) is 0 Å². The van der Waals surface area contributed by atoms with Crippen LogP contribution in [0.2, 0.25) is 0 Å². The zero-order valence-electron chi connectivity index (χ0n) is 9.28. The fraction of sp³-hybridized carbons (Fsp3) is 0.909. The number of hydrogen-bond acceptors (Lipinski definition) is 4. The molecule has 0 N–H and O–H groups in total. The highest BCUT2D eigenvalue weighted by Crippen LogP contribution is 2.25. The summed E-state index contributed by atoms with van der Waals surface area (Å²) in [4.78, 5) is 13.7. The van der Waals surface area contributed by atoms with E-state index in [4.69, 9.17) is 9.47 Å². The van der Waals surface area contributed by atoms with Gasteiger partial charge in [-0.1, -0.05) is 12.8 Å². The van der Waals surface area contributed by atoms with Crippen molar-refractivity contribution in [3.05, 3.63) is 0 Å². The number of carbonyl (C=O) groups excluding carboxylic acids is 1. The van der Waals surface area contributed by atoms with Crippen LogP contribution in [0.5, 0.6) is 0 Å². The van der Waals surface area contributed by atoms with Gasteiger partial charge in [0, 0.05) is 19.1 Å². The molecule has 2 fully saturated rings. The Morgan fingerprint density at radius 2 is 2.13 bits per heavy atom. The lowest BCUT2D eigenvalue weighted by Gasteiger charge is -2.35. The molecule has 1 heterocycles. The van der Waals surface area contributed by atoms with Crippen molar-refractivity contribution in [2.75, 3.05) is 26.8 Å². The van der Waals surface area contributed by atoms with Gasteiger partial charge in [-0.3, -0.25) is 4.90 Å². The molecule has 1 saturated carbocycles. The van der Waals surface area contributed by atoms with E-state index in [0.717, 1.165) is 6.54 Å². The van der Waals surface area contributed by atoms with E-state index < -0.39 is 0 Å². The largest absolute Gasteiger partial charge is 0.467 e. The molecule has 0 aromatic rings. The SMILES string of the molecule is COC(=O)C1CN(C2CCCC2)CCO1. The quantitative estimate of drug-likeness (QED) is 0.636. The third-order valence-corrected chi connectivity index (χ3v) is 3.40. The Morgan fingerprint density at radius 1 is 1.40 bits per heavy atom. The molecule has 0 aromatic heterocycles. The Kier molecular flexibility index (Phi) is 3.59. The van der Waals surface area contributed by atoms with Gasteiger partial charge >= 0.3 is 5.97 Å². The molecular formula is C11H19NO3. The van der Waals surface area contributed by atoms with E-state index in [1.807, 2.05) is 0 Å². The smallest absolute Gasteiger partial charge is 0.336 e. The zero-order chi connectivity index (χ0) is 10.7. The number of morpholine rings is 1. The lowest BCUT2D eigenvalue weighted by molar-refractivity contribution is -0.160. The Morgan fingerprint density at radius 3 is 2.80 bits per heavy atom. The Labute approximate surface area is 90.5 Å². The number of ether oxygens (including phenoxy) is 2. The highest BCUT2D eigenvalue weighted by atomic mass is 16.6. The zero-order valence-corrected chi connectivity index (χ0v) is 9.28. The van der Waals surface area contributed by atoms with Gasteiger partial charge in [-0.05, 0) is 12.8 Å². The topological polar surface area (TPSA) is 38.8 Å². The van der Waals surface area contributed by atoms with Crippen molar-refractivity contribution >= 4 is 5.97 Å². The van der Waals surface area contributed by atoms with Crippen molar-refractivity contribution in [3.8, 4) is 0 Å². The first-order chi connectivity index (χ1) is 7.31. The van der Waals surface area contributed by atoms with Gasteiger partial charge in [-0.25, -0.2) is 4.79 Å². The number of methoxy groups -OCH3 is 1. The van der Waals surface area contributed by atoms with E-state index in [2.05, 4.69) is 4.90 Å². The summed E-state index contributed by atoms with van der Waals surface area (Å²) in [6.45, 7) is 2.31. The van der Waals surface area contributed by atoms with Crippen LogP contribution in [-0.4, -0.2) is 49.8 Å². The summed E-state index contributed by atoms with van der Waals surface area (Å²) in [6, 6.07) is 0.668. The minimum absolute atomic E-state index is 0.238. The number of carbonyl (C=O) groups is 1. The van der Waals surface area contributed by atoms with E-state index in [0.29, 0.717) is 19.2 Å². The van der Waals surface area contributed by atoms with Crippen LogP contribution in [0.1, 0.15) is 25.7 Å². The number of esters is 1. The molecule has 86 valence electrons. The van der Waals surface area contributed by atoms with Crippen molar-refractivity contribution in [1.29, 1.82) is 0 Å². The van der Waals surface area contributed by atoms with Gasteiger partial charge in [0.15, 0.2) is 6.10 Å². The second kappa shape index (κ2) is 4.94. The van der Waals surface area contributed by atoms with Gasteiger partial charge in [0.1, 0.15) is 0 Å². The first-order valence-electron chi connectivity index (χ1n) is 5.74. The Hall–Kier alpha value is -0.610. The minimum Gasteiger partial charge on any atom is -0.467 e. The van der Waals surface area contributed by atoms with Gasteiger partial charge in [0.2, 0.25) is 0 Å². The van der Waals surface area contributed by atoms with Crippen LogP contribution in [0.4, 0.5) is 0 Å². The van der Waals surface area contributed by atoms with Gasteiger partial charge in [-0.2, -0.15) is 0 Å². The summed E-state index contributed by atoms with van der Waals surface area (Å²) < 4.78 is 10.1. The van der Waals surface area contributed by atoms with E-state index in [1.165, 1.54) is 32.8 Å². The molecule has 1 unspecified atom stereocenters. The highest BCUT2D eigenvalue weighted by molar-refractivity contribution is 5.74. The monoisotopic (exact) mass is 213 g/mol. The summed E-state index contributed by atoms with van der Waals surface area (Å²) in [6.07, 6.45) is 4.82. The molecule has 4 heteroatoms. The van der Waals surface area contributed by atoms with Crippen molar-refractivity contribution in [1.82, 2.24) is 4.90 Å². The second-order valence-electron chi connectivity index (χ2n) is 4.32. The average Bonchev–Trinajstić information content (AvgIpc) is 2.82. The molecule has 1 saturated heterocycles. The van der Waals surface area contributed by atoms with E-state index in [9.17, 15) is 4.79 Å². The average molecular weight is 213 g/mol. The summed E-state index contributed by atoms with van der Waals surface area (Å²) in [5, 5.41) is 0. The lowest BCUT2D eigenvalue weighted by atomic mass is 10.1. The van der Waals surface area contributed by atoms with Crippen LogP contribution >= 0.6 is 0 Å². The molecule has 15 heavy (non-hydrogen) atoms. The van der Waals surface area contributed by atoms with E-state index in [1.54, 1.807) is 0 Å². The molecule has 0 bridgehead atoms. The molecule has 1 aliphatic heterocycles.